The molecule has 0 saturated carbocycles. The van der Waals surface area contributed by atoms with E-state index in [1.807, 2.05) is 19.9 Å². The van der Waals surface area contributed by atoms with E-state index in [-0.39, 0.29) is 5.69 Å². The van der Waals surface area contributed by atoms with Gasteiger partial charge in [0.05, 0.1) is 6.20 Å². The fourth-order valence-corrected chi connectivity index (χ4v) is 3.81. The highest BCUT2D eigenvalue weighted by molar-refractivity contribution is 6.11. The van der Waals surface area contributed by atoms with Gasteiger partial charge in [0.25, 0.3) is 11.8 Å². The van der Waals surface area contributed by atoms with Gasteiger partial charge in [-0.3, -0.25) is 19.5 Å². The predicted octanol–water partition coefficient (Wildman–Crippen LogP) is 5.40. The van der Waals surface area contributed by atoms with Gasteiger partial charge in [0.1, 0.15) is 23.4 Å². The fourth-order valence-electron chi connectivity index (χ4n) is 3.81. The molecule has 6 nitrogen and oxygen atoms in total. The van der Waals surface area contributed by atoms with Gasteiger partial charge in [-0.25, -0.2) is 13.8 Å². The van der Waals surface area contributed by atoms with Crippen molar-refractivity contribution in [2.45, 2.75) is 19.9 Å². The first kappa shape index (κ1) is 23.7. The van der Waals surface area contributed by atoms with Crippen molar-refractivity contribution >= 4 is 23.2 Å². The van der Waals surface area contributed by atoms with Crippen LogP contribution in [0, 0.1) is 25.5 Å². The standard InChI is InChI=1S/C27H22F2N4O2/c1-17-13-18(2)15-23(14-17)33(27(35)24-16-30-11-12-31-24)25(19-3-5-20(28)6-4-19)26(34)32-22-9-7-21(29)8-10-22/h3-16,25H,1-2H3,(H,32,34)/t25-/m0/s1. The molecule has 2 amide bonds. The minimum atomic E-state index is -1.20. The van der Waals surface area contributed by atoms with Gasteiger partial charge in [0, 0.05) is 23.8 Å². The molecule has 4 rings (SSSR count). The zero-order chi connectivity index (χ0) is 24.9. The molecule has 3 aromatic carbocycles. The Labute approximate surface area is 201 Å². The van der Waals surface area contributed by atoms with Gasteiger partial charge in [-0.15, -0.1) is 0 Å². The highest BCUT2D eigenvalue weighted by Crippen LogP contribution is 2.32. The summed E-state index contributed by atoms with van der Waals surface area (Å²) < 4.78 is 27.1. The van der Waals surface area contributed by atoms with Crippen molar-refractivity contribution in [3.8, 4) is 0 Å². The summed E-state index contributed by atoms with van der Waals surface area (Å²) in [5.41, 5.74) is 2.98. The number of aromatic nitrogens is 2. The molecule has 0 aliphatic carbocycles. The number of hydrogen-bond acceptors (Lipinski definition) is 4. The zero-order valence-corrected chi connectivity index (χ0v) is 19.1. The Balaban J connectivity index is 1.87. The van der Waals surface area contributed by atoms with E-state index in [0.29, 0.717) is 16.9 Å². The van der Waals surface area contributed by atoms with E-state index < -0.39 is 29.5 Å². The van der Waals surface area contributed by atoms with Crippen LogP contribution in [0.5, 0.6) is 0 Å². The Kier molecular flexibility index (Phi) is 6.91. The van der Waals surface area contributed by atoms with Crippen molar-refractivity contribution in [2.75, 3.05) is 10.2 Å². The van der Waals surface area contributed by atoms with E-state index in [0.717, 1.165) is 11.1 Å². The van der Waals surface area contributed by atoms with Gasteiger partial charge >= 0.3 is 0 Å². The lowest BCUT2D eigenvalue weighted by Crippen LogP contribution is -2.42. The number of carbonyl (C=O) groups excluding carboxylic acids is 2. The summed E-state index contributed by atoms with van der Waals surface area (Å²) in [6, 6.07) is 14.9. The molecule has 0 radical (unpaired) electrons. The smallest absolute Gasteiger partial charge is 0.279 e. The monoisotopic (exact) mass is 472 g/mol. The second-order valence-electron chi connectivity index (χ2n) is 8.06. The Bertz CT molecular complexity index is 1320. The van der Waals surface area contributed by atoms with E-state index >= 15 is 0 Å². The van der Waals surface area contributed by atoms with E-state index in [1.165, 1.54) is 72.0 Å². The van der Waals surface area contributed by atoms with E-state index in [9.17, 15) is 18.4 Å². The zero-order valence-electron chi connectivity index (χ0n) is 19.1. The van der Waals surface area contributed by atoms with E-state index in [4.69, 9.17) is 0 Å². The second kappa shape index (κ2) is 10.2. The van der Waals surface area contributed by atoms with Crippen LogP contribution in [0.15, 0.2) is 85.3 Å². The third-order valence-electron chi connectivity index (χ3n) is 5.29. The largest absolute Gasteiger partial charge is 0.324 e. The first-order valence-corrected chi connectivity index (χ1v) is 10.8. The number of carbonyl (C=O) groups is 2. The molecule has 0 bridgehead atoms. The van der Waals surface area contributed by atoms with E-state index in [2.05, 4.69) is 15.3 Å². The maximum Gasteiger partial charge on any atom is 0.279 e. The van der Waals surface area contributed by atoms with Crippen LogP contribution in [-0.4, -0.2) is 21.8 Å². The first-order valence-electron chi connectivity index (χ1n) is 10.8. The number of benzene rings is 3. The number of halogens is 2. The Morgan fingerprint density at radius 2 is 1.46 bits per heavy atom. The van der Waals surface area contributed by atoms with Crippen LogP contribution in [0.1, 0.15) is 33.2 Å². The van der Waals surface area contributed by atoms with Gasteiger partial charge in [-0.2, -0.15) is 0 Å². The predicted molar refractivity (Wildman–Crippen MR) is 129 cm³/mol. The van der Waals surface area contributed by atoms with Crippen molar-refractivity contribution in [2.24, 2.45) is 0 Å². The summed E-state index contributed by atoms with van der Waals surface area (Å²) in [5, 5.41) is 2.74. The average Bonchev–Trinajstić information content (AvgIpc) is 2.84. The van der Waals surface area contributed by atoms with Crippen LogP contribution in [0.25, 0.3) is 0 Å². The SMILES string of the molecule is Cc1cc(C)cc(N(C(=O)c2cnccn2)[C@H](C(=O)Nc2ccc(F)cc2)c2ccc(F)cc2)c1. The summed E-state index contributed by atoms with van der Waals surface area (Å²) in [5.74, 6) is -2.07. The molecule has 8 heteroatoms. The molecule has 176 valence electrons. The minimum Gasteiger partial charge on any atom is -0.324 e. The topological polar surface area (TPSA) is 75.2 Å². The van der Waals surface area contributed by atoms with Crippen LogP contribution < -0.4 is 10.2 Å². The second-order valence-corrected chi connectivity index (χ2v) is 8.06. The van der Waals surface area contributed by atoms with Crippen LogP contribution in [0.2, 0.25) is 0 Å². The number of rotatable bonds is 6. The summed E-state index contributed by atoms with van der Waals surface area (Å²) in [4.78, 5) is 36.9. The van der Waals surface area contributed by atoms with Crippen LogP contribution in [-0.2, 0) is 4.79 Å². The minimum absolute atomic E-state index is 0.0355. The van der Waals surface area contributed by atoms with Crippen LogP contribution in [0.4, 0.5) is 20.2 Å². The van der Waals surface area contributed by atoms with Gasteiger partial charge in [-0.05, 0) is 79.1 Å². The lowest BCUT2D eigenvalue weighted by atomic mass is 10.0. The maximum absolute atomic E-state index is 13.8. The number of nitrogens with zero attached hydrogens (tertiary/aromatic N) is 3. The van der Waals surface area contributed by atoms with Crippen LogP contribution >= 0.6 is 0 Å². The molecule has 1 N–H and O–H groups in total. The van der Waals surface area contributed by atoms with Crippen molar-refractivity contribution in [1.29, 1.82) is 0 Å². The summed E-state index contributed by atoms with van der Waals surface area (Å²) in [6.45, 7) is 3.76. The number of nitrogens with one attached hydrogen (secondary N) is 1. The third-order valence-corrected chi connectivity index (χ3v) is 5.29. The lowest BCUT2D eigenvalue weighted by molar-refractivity contribution is -0.117. The molecular weight excluding hydrogens is 450 g/mol. The molecule has 4 aromatic rings. The molecule has 35 heavy (non-hydrogen) atoms. The molecule has 0 aliphatic rings. The van der Waals surface area contributed by atoms with Gasteiger partial charge in [0.15, 0.2) is 0 Å². The highest BCUT2D eigenvalue weighted by atomic mass is 19.1. The van der Waals surface area contributed by atoms with Crippen molar-refractivity contribution in [3.63, 3.8) is 0 Å². The van der Waals surface area contributed by atoms with Gasteiger partial charge < -0.3 is 5.32 Å². The average molecular weight is 472 g/mol. The number of hydrogen-bond donors (Lipinski definition) is 1. The summed E-state index contributed by atoms with van der Waals surface area (Å²) in [6.07, 6.45) is 4.15. The van der Waals surface area contributed by atoms with Crippen molar-refractivity contribution in [3.05, 3.63) is 119 Å². The van der Waals surface area contributed by atoms with Gasteiger partial charge in [0.2, 0.25) is 0 Å². The van der Waals surface area contributed by atoms with E-state index in [1.54, 1.807) is 12.1 Å². The number of anilines is 2. The Hall–Kier alpha value is -4.46. The molecule has 0 saturated heterocycles. The number of aryl methyl sites for hydroxylation is 2. The molecule has 0 aliphatic heterocycles. The summed E-state index contributed by atoms with van der Waals surface area (Å²) in [7, 11) is 0. The molecule has 1 heterocycles. The number of amides is 2. The van der Waals surface area contributed by atoms with Crippen LogP contribution in [0.3, 0.4) is 0 Å². The van der Waals surface area contributed by atoms with Gasteiger partial charge in [-0.1, -0.05) is 18.2 Å². The maximum atomic E-state index is 13.8. The molecule has 0 unspecified atom stereocenters. The summed E-state index contributed by atoms with van der Waals surface area (Å²) >= 11 is 0. The van der Waals surface area contributed by atoms with Crippen molar-refractivity contribution in [1.82, 2.24) is 9.97 Å². The highest BCUT2D eigenvalue weighted by Gasteiger charge is 2.34. The molecule has 1 aromatic heterocycles. The Morgan fingerprint density at radius 3 is 2.03 bits per heavy atom. The fraction of sp³-hybridized carbons (Fsp3) is 0.111. The molecule has 0 fully saturated rings. The quantitative estimate of drug-likeness (QED) is 0.408. The normalized spacial score (nSPS) is 11.5. The first-order chi connectivity index (χ1) is 16.8. The Morgan fingerprint density at radius 1 is 0.857 bits per heavy atom. The van der Waals surface area contributed by atoms with Crippen molar-refractivity contribution < 1.29 is 18.4 Å². The molecular formula is C27H22F2N4O2. The molecule has 1 atom stereocenters. The third kappa shape index (κ3) is 5.55. The molecule has 0 spiro atoms. The lowest BCUT2D eigenvalue weighted by Gasteiger charge is -2.31.